The van der Waals surface area contributed by atoms with E-state index < -0.39 is 0 Å². The second kappa shape index (κ2) is 5.02. The molecule has 3 nitrogen and oxygen atoms in total. The molecule has 0 aromatic rings. The highest BCUT2D eigenvalue weighted by molar-refractivity contribution is 5.73. The molecule has 0 aromatic heterocycles. The highest BCUT2D eigenvalue weighted by Crippen LogP contribution is 2.14. The number of likely N-dealkylation sites (tertiary alicyclic amines) is 1. The molecule has 3 heteroatoms. The first-order chi connectivity index (χ1) is 6.65. The average Bonchev–Trinajstić information content (AvgIpc) is 2.18. The van der Waals surface area contributed by atoms with Crippen molar-refractivity contribution in [2.75, 3.05) is 26.7 Å². The molecule has 0 N–H and O–H groups in total. The number of carbonyl (C=O) groups is 1. The lowest BCUT2D eigenvalue weighted by atomic mass is 10.0. The van der Waals surface area contributed by atoms with Crippen LogP contribution >= 0.6 is 0 Å². The fourth-order valence-electron chi connectivity index (χ4n) is 1.89. The van der Waals surface area contributed by atoms with E-state index in [9.17, 15) is 4.79 Å². The number of piperidine rings is 1. The smallest absolute Gasteiger partial charge is 0.219 e. The van der Waals surface area contributed by atoms with Crippen LogP contribution in [0.4, 0.5) is 0 Å². The van der Waals surface area contributed by atoms with Crippen molar-refractivity contribution in [2.45, 2.75) is 25.8 Å². The largest absolute Gasteiger partial charge is 0.343 e. The summed E-state index contributed by atoms with van der Waals surface area (Å²) < 4.78 is 0. The van der Waals surface area contributed by atoms with Gasteiger partial charge in [-0.15, -0.1) is 6.42 Å². The molecule has 0 unspecified atom stereocenters. The summed E-state index contributed by atoms with van der Waals surface area (Å²) in [5.41, 5.74) is 0. The minimum Gasteiger partial charge on any atom is -0.343 e. The van der Waals surface area contributed by atoms with E-state index in [0.717, 1.165) is 25.9 Å². The molecule has 1 aliphatic heterocycles. The Bertz CT molecular complexity index is 236. The summed E-state index contributed by atoms with van der Waals surface area (Å²) in [5, 5.41) is 0. The van der Waals surface area contributed by atoms with Gasteiger partial charge in [0, 0.05) is 26.1 Å². The topological polar surface area (TPSA) is 23.6 Å². The number of rotatable bonds is 2. The summed E-state index contributed by atoms with van der Waals surface area (Å²) in [6.07, 6.45) is 7.33. The average molecular weight is 194 g/mol. The van der Waals surface area contributed by atoms with Gasteiger partial charge in [0.1, 0.15) is 0 Å². The molecule has 0 spiro atoms. The molecule has 1 fully saturated rings. The van der Waals surface area contributed by atoms with Crippen molar-refractivity contribution in [1.82, 2.24) is 9.80 Å². The SMILES string of the molecule is C#CCN(C)C1CCN(C(C)=O)CC1. The van der Waals surface area contributed by atoms with Gasteiger partial charge < -0.3 is 4.90 Å². The van der Waals surface area contributed by atoms with Gasteiger partial charge in [0.25, 0.3) is 0 Å². The third-order valence-electron chi connectivity index (χ3n) is 2.87. The number of amides is 1. The minimum atomic E-state index is 0.183. The molecule has 0 atom stereocenters. The van der Waals surface area contributed by atoms with E-state index in [1.807, 2.05) is 11.9 Å². The van der Waals surface area contributed by atoms with Crippen LogP contribution in [0.2, 0.25) is 0 Å². The van der Waals surface area contributed by atoms with Gasteiger partial charge >= 0.3 is 0 Å². The van der Waals surface area contributed by atoms with Gasteiger partial charge in [-0.2, -0.15) is 0 Å². The van der Waals surface area contributed by atoms with E-state index in [2.05, 4.69) is 10.8 Å². The molecule has 0 radical (unpaired) electrons. The Morgan fingerprint density at radius 2 is 2.14 bits per heavy atom. The van der Waals surface area contributed by atoms with Gasteiger partial charge in [0.2, 0.25) is 5.91 Å². The van der Waals surface area contributed by atoms with Crippen molar-refractivity contribution in [3.8, 4) is 12.3 Å². The molecule has 14 heavy (non-hydrogen) atoms. The van der Waals surface area contributed by atoms with Crippen LogP contribution in [0.3, 0.4) is 0 Å². The van der Waals surface area contributed by atoms with Gasteiger partial charge in [-0.3, -0.25) is 9.69 Å². The van der Waals surface area contributed by atoms with Gasteiger partial charge in [-0.1, -0.05) is 5.92 Å². The number of terminal acetylenes is 1. The van der Waals surface area contributed by atoms with Crippen LogP contribution in [0.25, 0.3) is 0 Å². The number of nitrogens with zero attached hydrogens (tertiary/aromatic N) is 2. The van der Waals surface area contributed by atoms with Crippen LogP contribution in [0.1, 0.15) is 19.8 Å². The molecule has 0 bridgehead atoms. The zero-order valence-electron chi connectivity index (χ0n) is 8.99. The Kier molecular flexibility index (Phi) is 3.97. The molecular formula is C11H18N2O. The molecule has 1 saturated heterocycles. The van der Waals surface area contributed by atoms with Crippen molar-refractivity contribution in [3.63, 3.8) is 0 Å². The predicted octanol–water partition coefficient (Wildman–Crippen LogP) is 0.562. The zero-order valence-corrected chi connectivity index (χ0v) is 8.99. The number of hydrogen-bond donors (Lipinski definition) is 0. The van der Waals surface area contributed by atoms with Gasteiger partial charge in [-0.05, 0) is 19.9 Å². The highest BCUT2D eigenvalue weighted by Gasteiger charge is 2.22. The molecule has 1 aliphatic rings. The van der Waals surface area contributed by atoms with Crippen molar-refractivity contribution in [3.05, 3.63) is 0 Å². The highest BCUT2D eigenvalue weighted by atomic mass is 16.2. The molecule has 1 amide bonds. The summed E-state index contributed by atoms with van der Waals surface area (Å²) in [7, 11) is 2.05. The first-order valence-corrected chi connectivity index (χ1v) is 5.04. The normalized spacial score (nSPS) is 18.3. The number of hydrogen-bond acceptors (Lipinski definition) is 2. The molecule has 0 aliphatic carbocycles. The second-order valence-electron chi connectivity index (χ2n) is 3.86. The molecule has 78 valence electrons. The predicted molar refractivity (Wildman–Crippen MR) is 56.7 cm³/mol. The second-order valence-corrected chi connectivity index (χ2v) is 3.86. The van der Waals surface area contributed by atoms with Crippen molar-refractivity contribution < 1.29 is 4.79 Å². The van der Waals surface area contributed by atoms with Crippen LogP contribution in [0.15, 0.2) is 0 Å². The summed E-state index contributed by atoms with van der Waals surface area (Å²) in [4.78, 5) is 15.2. The Hall–Kier alpha value is -1.01. The quantitative estimate of drug-likeness (QED) is 0.600. The fourth-order valence-corrected chi connectivity index (χ4v) is 1.89. The molecule has 0 aromatic carbocycles. The van der Waals surface area contributed by atoms with Gasteiger partial charge in [0.05, 0.1) is 6.54 Å². The standard InChI is InChI=1S/C11H18N2O/c1-4-7-12(3)11-5-8-13(9-6-11)10(2)14/h1,11H,5-9H2,2-3H3. The van der Waals surface area contributed by atoms with Crippen LogP contribution in [-0.2, 0) is 4.79 Å². The molecule has 1 rings (SSSR count). The fraction of sp³-hybridized carbons (Fsp3) is 0.727. The van der Waals surface area contributed by atoms with E-state index in [-0.39, 0.29) is 5.91 Å². The van der Waals surface area contributed by atoms with Crippen molar-refractivity contribution in [2.24, 2.45) is 0 Å². The molecule has 1 heterocycles. The first-order valence-electron chi connectivity index (χ1n) is 5.04. The minimum absolute atomic E-state index is 0.183. The monoisotopic (exact) mass is 194 g/mol. The van der Waals surface area contributed by atoms with Crippen molar-refractivity contribution in [1.29, 1.82) is 0 Å². The number of carbonyl (C=O) groups excluding carboxylic acids is 1. The summed E-state index contributed by atoms with van der Waals surface area (Å²) in [6.45, 7) is 4.07. The summed E-state index contributed by atoms with van der Waals surface area (Å²) in [5.74, 6) is 2.83. The van der Waals surface area contributed by atoms with Crippen LogP contribution in [0, 0.1) is 12.3 Å². The lowest BCUT2D eigenvalue weighted by molar-refractivity contribution is -0.130. The maximum Gasteiger partial charge on any atom is 0.219 e. The van der Waals surface area contributed by atoms with Crippen LogP contribution in [-0.4, -0.2) is 48.4 Å². The Balaban J connectivity index is 2.36. The summed E-state index contributed by atoms with van der Waals surface area (Å²) >= 11 is 0. The van der Waals surface area contributed by atoms with E-state index in [4.69, 9.17) is 6.42 Å². The Morgan fingerprint density at radius 1 is 1.57 bits per heavy atom. The first kappa shape index (κ1) is 11.1. The van der Waals surface area contributed by atoms with Crippen molar-refractivity contribution >= 4 is 5.91 Å². The van der Waals surface area contributed by atoms with E-state index >= 15 is 0 Å². The van der Waals surface area contributed by atoms with Crippen LogP contribution < -0.4 is 0 Å². The lowest BCUT2D eigenvalue weighted by Crippen LogP contribution is -2.44. The third-order valence-corrected chi connectivity index (χ3v) is 2.87. The van der Waals surface area contributed by atoms with E-state index in [1.165, 1.54) is 0 Å². The molecule has 0 saturated carbocycles. The van der Waals surface area contributed by atoms with Gasteiger partial charge in [-0.25, -0.2) is 0 Å². The van der Waals surface area contributed by atoms with Crippen LogP contribution in [0.5, 0.6) is 0 Å². The Labute approximate surface area is 86.1 Å². The third kappa shape index (κ3) is 2.74. The lowest BCUT2D eigenvalue weighted by Gasteiger charge is -2.35. The zero-order chi connectivity index (χ0) is 10.6. The van der Waals surface area contributed by atoms with Gasteiger partial charge in [0.15, 0.2) is 0 Å². The maximum atomic E-state index is 11.1. The summed E-state index contributed by atoms with van der Waals surface area (Å²) in [6, 6.07) is 0.543. The maximum absolute atomic E-state index is 11.1. The van der Waals surface area contributed by atoms with E-state index in [0.29, 0.717) is 12.6 Å². The molecular weight excluding hydrogens is 176 g/mol. The van der Waals surface area contributed by atoms with E-state index in [1.54, 1.807) is 6.92 Å². The Morgan fingerprint density at radius 3 is 2.57 bits per heavy atom.